The van der Waals surface area contributed by atoms with Crippen molar-refractivity contribution in [2.45, 2.75) is 25.9 Å². The van der Waals surface area contributed by atoms with Crippen LogP contribution >= 0.6 is 0 Å². The summed E-state index contributed by atoms with van der Waals surface area (Å²) in [6.07, 6.45) is -2.27. The summed E-state index contributed by atoms with van der Waals surface area (Å²) < 4.78 is 40.0. The minimum absolute atomic E-state index is 0.0416. The number of anilines is 1. The predicted molar refractivity (Wildman–Crippen MR) is 65.8 cm³/mol. The Balaban J connectivity index is 2.31. The molecule has 18 heavy (non-hydrogen) atoms. The van der Waals surface area contributed by atoms with E-state index in [9.17, 15) is 13.2 Å². The summed E-state index contributed by atoms with van der Waals surface area (Å²) in [4.78, 5) is 0. The van der Waals surface area contributed by atoms with Crippen LogP contribution in [0.25, 0.3) is 0 Å². The van der Waals surface area contributed by atoms with Gasteiger partial charge in [0, 0.05) is 12.2 Å². The van der Waals surface area contributed by atoms with E-state index in [0.29, 0.717) is 6.54 Å². The van der Waals surface area contributed by atoms with Gasteiger partial charge in [-0.3, -0.25) is 0 Å². The van der Waals surface area contributed by atoms with Crippen molar-refractivity contribution in [2.75, 3.05) is 25.1 Å². The third-order valence-electron chi connectivity index (χ3n) is 2.36. The van der Waals surface area contributed by atoms with Crippen molar-refractivity contribution in [3.8, 4) is 0 Å². The van der Waals surface area contributed by atoms with E-state index < -0.39 is 12.8 Å². The number of hydrogen-bond acceptors (Lipinski definition) is 2. The molecule has 0 spiro atoms. The number of halogens is 3. The van der Waals surface area contributed by atoms with Gasteiger partial charge in [0.05, 0.1) is 6.61 Å². The Morgan fingerprint density at radius 1 is 1.22 bits per heavy atom. The molecule has 0 saturated carbocycles. The Kier molecular flexibility index (Phi) is 5.98. The summed E-state index contributed by atoms with van der Waals surface area (Å²) >= 11 is 0. The predicted octanol–water partition coefficient (Wildman–Crippen LogP) is 3.63. The minimum Gasteiger partial charge on any atom is -0.383 e. The number of nitrogens with one attached hydrogen (secondary N) is 1. The third kappa shape index (κ3) is 5.91. The van der Waals surface area contributed by atoms with E-state index in [-0.39, 0.29) is 6.61 Å². The van der Waals surface area contributed by atoms with Crippen LogP contribution in [0.3, 0.4) is 0 Å². The fraction of sp³-hybridized carbons (Fsp3) is 0.538. The topological polar surface area (TPSA) is 21.3 Å². The first-order valence-corrected chi connectivity index (χ1v) is 5.99. The highest BCUT2D eigenvalue weighted by Gasteiger charge is 2.27. The van der Waals surface area contributed by atoms with E-state index in [0.717, 1.165) is 18.5 Å². The largest absolute Gasteiger partial charge is 0.411 e. The molecule has 0 amide bonds. The van der Waals surface area contributed by atoms with Crippen molar-refractivity contribution in [3.05, 3.63) is 29.8 Å². The summed E-state index contributed by atoms with van der Waals surface area (Å²) in [5.41, 5.74) is 2.14. The highest BCUT2D eigenvalue weighted by molar-refractivity contribution is 5.51. The van der Waals surface area contributed by atoms with Gasteiger partial charge in [-0.1, -0.05) is 31.5 Å². The van der Waals surface area contributed by atoms with Gasteiger partial charge >= 0.3 is 6.18 Å². The van der Waals surface area contributed by atoms with Crippen LogP contribution in [0.5, 0.6) is 0 Å². The summed E-state index contributed by atoms with van der Waals surface area (Å²) in [7, 11) is 0. The number of alkyl halides is 3. The van der Waals surface area contributed by atoms with E-state index in [1.807, 2.05) is 24.3 Å². The molecule has 0 aromatic heterocycles. The average molecular weight is 261 g/mol. The highest BCUT2D eigenvalue weighted by Crippen LogP contribution is 2.17. The molecule has 1 aromatic rings. The maximum atomic E-state index is 11.8. The normalized spacial score (nSPS) is 11.6. The molecule has 0 atom stereocenters. The zero-order valence-corrected chi connectivity index (χ0v) is 10.4. The Labute approximate surface area is 105 Å². The first-order chi connectivity index (χ1) is 8.53. The smallest absolute Gasteiger partial charge is 0.383 e. The minimum atomic E-state index is -4.25. The Morgan fingerprint density at radius 2 is 1.94 bits per heavy atom. The van der Waals surface area contributed by atoms with Gasteiger partial charge in [-0.15, -0.1) is 0 Å². The molecule has 0 radical (unpaired) electrons. The molecule has 0 unspecified atom stereocenters. The van der Waals surface area contributed by atoms with Crippen molar-refractivity contribution in [3.63, 3.8) is 0 Å². The number of ether oxygens (including phenoxy) is 1. The Bertz CT molecular complexity index is 352. The van der Waals surface area contributed by atoms with Gasteiger partial charge < -0.3 is 10.1 Å². The molecule has 0 heterocycles. The zero-order chi connectivity index (χ0) is 13.4. The Hall–Kier alpha value is -1.23. The number of aryl methyl sites for hydroxylation is 1. The third-order valence-corrected chi connectivity index (χ3v) is 2.36. The first kappa shape index (κ1) is 14.8. The second-order valence-electron chi connectivity index (χ2n) is 4.00. The van der Waals surface area contributed by atoms with Gasteiger partial charge in [0.1, 0.15) is 6.61 Å². The quantitative estimate of drug-likeness (QED) is 0.757. The molecule has 0 aliphatic carbocycles. The molecular formula is C13H18F3NO. The molecule has 0 aliphatic rings. The standard InChI is InChI=1S/C13H18F3NO/c1-2-5-11-6-3-4-7-12(11)17-8-9-18-10-13(14,15)16/h3-4,6-7,17H,2,5,8-10H2,1H3. The number of hydrogen-bond donors (Lipinski definition) is 1. The van der Waals surface area contributed by atoms with Crippen LogP contribution in [0.15, 0.2) is 24.3 Å². The zero-order valence-electron chi connectivity index (χ0n) is 10.4. The fourth-order valence-electron chi connectivity index (χ4n) is 1.63. The lowest BCUT2D eigenvalue weighted by atomic mass is 10.1. The molecule has 0 bridgehead atoms. The van der Waals surface area contributed by atoms with E-state index >= 15 is 0 Å². The van der Waals surface area contributed by atoms with E-state index in [2.05, 4.69) is 17.0 Å². The van der Waals surface area contributed by atoms with Crippen molar-refractivity contribution in [1.29, 1.82) is 0 Å². The lowest BCUT2D eigenvalue weighted by molar-refractivity contribution is -0.172. The molecule has 1 aromatic carbocycles. The fourth-order valence-corrected chi connectivity index (χ4v) is 1.63. The average Bonchev–Trinajstić information content (AvgIpc) is 2.29. The number of benzene rings is 1. The summed E-state index contributed by atoms with van der Waals surface area (Å²) in [5.74, 6) is 0. The van der Waals surface area contributed by atoms with Crippen molar-refractivity contribution >= 4 is 5.69 Å². The summed E-state index contributed by atoms with van der Waals surface area (Å²) in [6.45, 7) is 1.31. The van der Waals surface area contributed by atoms with E-state index in [1.54, 1.807) is 0 Å². The first-order valence-electron chi connectivity index (χ1n) is 5.99. The maximum Gasteiger partial charge on any atom is 0.411 e. The second kappa shape index (κ2) is 7.26. The van der Waals surface area contributed by atoms with Crippen LogP contribution in [0.1, 0.15) is 18.9 Å². The van der Waals surface area contributed by atoms with Crippen LogP contribution in [-0.2, 0) is 11.2 Å². The van der Waals surface area contributed by atoms with Crippen LogP contribution in [0.2, 0.25) is 0 Å². The van der Waals surface area contributed by atoms with Gasteiger partial charge in [-0.25, -0.2) is 0 Å². The molecule has 102 valence electrons. The van der Waals surface area contributed by atoms with Gasteiger partial charge in [-0.2, -0.15) is 13.2 Å². The molecule has 0 saturated heterocycles. The molecule has 2 nitrogen and oxygen atoms in total. The van der Waals surface area contributed by atoms with Crippen molar-refractivity contribution in [1.82, 2.24) is 0 Å². The maximum absolute atomic E-state index is 11.8. The lowest BCUT2D eigenvalue weighted by Gasteiger charge is -2.12. The summed E-state index contributed by atoms with van der Waals surface area (Å²) in [5, 5.41) is 3.09. The molecular weight excluding hydrogens is 243 g/mol. The molecule has 1 N–H and O–H groups in total. The van der Waals surface area contributed by atoms with Gasteiger partial charge in [-0.05, 0) is 18.1 Å². The highest BCUT2D eigenvalue weighted by atomic mass is 19.4. The molecule has 5 heteroatoms. The molecule has 0 fully saturated rings. The van der Waals surface area contributed by atoms with Crippen LogP contribution < -0.4 is 5.32 Å². The van der Waals surface area contributed by atoms with Crippen molar-refractivity contribution in [2.24, 2.45) is 0 Å². The number of para-hydroxylation sites is 1. The monoisotopic (exact) mass is 261 g/mol. The number of rotatable bonds is 7. The lowest BCUT2D eigenvalue weighted by Crippen LogP contribution is -2.20. The van der Waals surface area contributed by atoms with Crippen LogP contribution in [0.4, 0.5) is 18.9 Å². The molecule has 1 rings (SSSR count). The molecule has 0 aliphatic heterocycles. The van der Waals surface area contributed by atoms with Crippen molar-refractivity contribution < 1.29 is 17.9 Å². The van der Waals surface area contributed by atoms with Crippen LogP contribution in [-0.4, -0.2) is 25.9 Å². The SMILES string of the molecule is CCCc1ccccc1NCCOCC(F)(F)F. The van der Waals surface area contributed by atoms with Gasteiger partial charge in [0.15, 0.2) is 0 Å². The van der Waals surface area contributed by atoms with Gasteiger partial charge in [0.2, 0.25) is 0 Å². The Morgan fingerprint density at radius 3 is 2.61 bits per heavy atom. The van der Waals surface area contributed by atoms with E-state index in [4.69, 9.17) is 0 Å². The summed E-state index contributed by atoms with van der Waals surface area (Å²) in [6, 6.07) is 7.80. The van der Waals surface area contributed by atoms with Gasteiger partial charge in [0.25, 0.3) is 0 Å². The second-order valence-corrected chi connectivity index (χ2v) is 4.00. The van der Waals surface area contributed by atoms with E-state index in [1.165, 1.54) is 5.56 Å². The van der Waals surface area contributed by atoms with Crippen LogP contribution in [0, 0.1) is 0 Å².